The van der Waals surface area contributed by atoms with Crippen LogP contribution in [-0.2, 0) is 14.3 Å². The highest BCUT2D eigenvalue weighted by Gasteiger charge is 2.28. The molecule has 6 heteroatoms. The summed E-state index contributed by atoms with van der Waals surface area (Å²) < 4.78 is 16.0. The summed E-state index contributed by atoms with van der Waals surface area (Å²) in [6.45, 7) is 5.16. The third kappa shape index (κ3) is 5.25. The Balaban J connectivity index is 1.45. The Morgan fingerprint density at radius 1 is 1.19 bits per heavy atom. The normalized spacial score (nSPS) is 24.4. The first-order valence-corrected chi connectivity index (χ1v) is 9.57. The van der Waals surface area contributed by atoms with Gasteiger partial charge < -0.3 is 19.5 Å². The molecule has 1 amide bonds. The molecule has 0 spiro atoms. The highest BCUT2D eigenvalue weighted by molar-refractivity contribution is 5.89. The average Bonchev–Trinajstić information content (AvgIpc) is 2.68. The minimum absolute atomic E-state index is 0.160. The lowest BCUT2D eigenvalue weighted by Crippen LogP contribution is -2.45. The van der Waals surface area contributed by atoms with E-state index in [2.05, 4.69) is 19.2 Å². The van der Waals surface area contributed by atoms with Gasteiger partial charge in [0, 0.05) is 12.1 Å². The van der Waals surface area contributed by atoms with Crippen molar-refractivity contribution in [3.8, 4) is 11.5 Å². The Hall–Kier alpha value is -2.50. The third-order valence-corrected chi connectivity index (χ3v) is 5.38. The van der Waals surface area contributed by atoms with Gasteiger partial charge in [0.25, 0.3) is 5.91 Å². The second-order valence-corrected chi connectivity index (χ2v) is 7.29. The molecule has 1 aromatic rings. The van der Waals surface area contributed by atoms with E-state index in [1.165, 1.54) is 12.5 Å². The first kappa shape index (κ1) is 19.3. The molecule has 1 heterocycles. The van der Waals surface area contributed by atoms with Crippen molar-refractivity contribution in [3.05, 3.63) is 29.8 Å². The zero-order valence-corrected chi connectivity index (χ0v) is 15.9. The van der Waals surface area contributed by atoms with Gasteiger partial charge in [0.05, 0.1) is 0 Å². The van der Waals surface area contributed by atoms with Crippen molar-refractivity contribution in [3.63, 3.8) is 0 Å². The minimum Gasteiger partial charge on any atom is -0.486 e. The Morgan fingerprint density at radius 2 is 1.96 bits per heavy atom. The summed E-state index contributed by atoms with van der Waals surface area (Å²) in [4.78, 5) is 23.9. The van der Waals surface area contributed by atoms with E-state index in [1.807, 2.05) is 6.07 Å². The van der Waals surface area contributed by atoms with Crippen LogP contribution in [0.25, 0.3) is 6.08 Å². The summed E-state index contributed by atoms with van der Waals surface area (Å²) in [6, 6.07) is 5.60. The molecule has 1 aromatic carbocycles. The van der Waals surface area contributed by atoms with Crippen molar-refractivity contribution in [1.82, 2.24) is 5.32 Å². The summed E-state index contributed by atoms with van der Waals surface area (Å²) in [5.74, 6) is 1.59. The molecule has 0 radical (unpaired) electrons. The van der Waals surface area contributed by atoms with Gasteiger partial charge >= 0.3 is 5.97 Å². The van der Waals surface area contributed by atoms with Crippen molar-refractivity contribution in [1.29, 1.82) is 0 Å². The fourth-order valence-electron chi connectivity index (χ4n) is 3.55. The van der Waals surface area contributed by atoms with E-state index in [-0.39, 0.29) is 18.6 Å². The van der Waals surface area contributed by atoms with E-state index < -0.39 is 5.97 Å². The predicted octanol–water partition coefficient (Wildman–Crippen LogP) is 2.96. The molecule has 0 unspecified atom stereocenters. The van der Waals surface area contributed by atoms with Crippen molar-refractivity contribution in [2.24, 2.45) is 11.8 Å². The second-order valence-electron chi connectivity index (χ2n) is 7.29. The summed E-state index contributed by atoms with van der Waals surface area (Å²) in [7, 11) is 0. The standard InChI is InChI=1S/C21H27NO5/c1-14-4-3-5-17(15(14)2)22-20(23)13-27-21(24)9-7-16-6-8-18-19(12-16)26-11-10-25-18/h6-9,12,14-15,17H,3-5,10-11,13H2,1-2H3,(H,22,23)/b9-7+/t14-,15+,17-/m0/s1. The number of fused-ring (bicyclic) bond motifs is 1. The lowest BCUT2D eigenvalue weighted by atomic mass is 9.78. The van der Waals surface area contributed by atoms with Crippen molar-refractivity contribution >= 4 is 18.0 Å². The van der Waals surface area contributed by atoms with Crippen molar-refractivity contribution < 1.29 is 23.8 Å². The van der Waals surface area contributed by atoms with Crippen LogP contribution < -0.4 is 14.8 Å². The van der Waals surface area contributed by atoms with Gasteiger partial charge in [0.1, 0.15) is 13.2 Å². The van der Waals surface area contributed by atoms with Gasteiger partial charge in [-0.15, -0.1) is 0 Å². The SMILES string of the molecule is C[C@H]1[C@@H](NC(=O)COC(=O)/C=C/c2ccc3c(c2)OCCO3)CCC[C@@H]1C. The molecule has 6 nitrogen and oxygen atoms in total. The third-order valence-electron chi connectivity index (χ3n) is 5.38. The van der Waals surface area contributed by atoms with Gasteiger partial charge in [0.15, 0.2) is 18.1 Å². The molecule has 0 bridgehead atoms. The number of carbonyl (C=O) groups excluding carboxylic acids is 2. The van der Waals surface area contributed by atoms with E-state index in [9.17, 15) is 9.59 Å². The molecule has 1 saturated carbocycles. The Bertz CT molecular complexity index is 715. The number of ether oxygens (including phenoxy) is 3. The first-order valence-electron chi connectivity index (χ1n) is 9.57. The molecule has 2 aliphatic rings. The van der Waals surface area contributed by atoms with E-state index in [0.29, 0.717) is 36.5 Å². The summed E-state index contributed by atoms with van der Waals surface area (Å²) in [5.41, 5.74) is 0.797. The second kappa shape index (κ2) is 8.93. The number of carbonyl (C=O) groups is 2. The van der Waals surface area contributed by atoms with Crippen molar-refractivity contribution in [2.75, 3.05) is 19.8 Å². The Kier molecular flexibility index (Phi) is 6.37. The smallest absolute Gasteiger partial charge is 0.331 e. The van der Waals surface area contributed by atoms with Crippen LogP contribution in [0.3, 0.4) is 0 Å². The van der Waals surface area contributed by atoms with Crippen LogP contribution in [0.15, 0.2) is 24.3 Å². The molecule has 0 saturated heterocycles. The maximum atomic E-state index is 12.1. The highest BCUT2D eigenvalue weighted by Crippen LogP contribution is 2.31. The average molecular weight is 373 g/mol. The monoisotopic (exact) mass is 373 g/mol. The molecular formula is C21H27NO5. The highest BCUT2D eigenvalue weighted by atomic mass is 16.6. The van der Waals surface area contributed by atoms with Gasteiger partial charge in [-0.3, -0.25) is 4.79 Å². The molecule has 1 N–H and O–H groups in total. The minimum atomic E-state index is -0.551. The number of nitrogens with one attached hydrogen (secondary N) is 1. The lowest BCUT2D eigenvalue weighted by molar-refractivity contribution is -0.144. The van der Waals surface area contributed by atoms with Crippen LogP contribution in [0.1, 0.15) is 38.7 Å². The quantitative estimate of drug-likeness (QED) is 0.634. The molecule has 146 valence electrons. The maximum Gasteiger partial charge on any atom is 0.331 e. The van der Waals surface area contributed by atoms with E-state index in [1.54, 1.807) is 18.2 Å². The number of hydrogen-bond donors (Lipinski definition) is 1. The fraction of sp³-hybridized carbons (Fsp3) is 0.524. The van der Waals surface area contributed by atoms with Gasteiger partial charge in [-0.25, -0.2) is 4.79 Å². The summed E-state index contributed by atoms with van der Waals surface area (Å²) in [6.07, 6.45) is 6.24. The molecule has 0 aromatic heterocycles. The van der Waals surface area contributed by atoms with Crippen LogP contribution in [0.4, 0.5) is 0 Å². The van der Waals surface area contributed by atoms with Crippen LogP contribution in [-0.4, -0.2) is 37.7 Å². The molecule has 3 rings (SSSR count). The topological polar surface area (TPSA) is 73.9 Å². The first-order chi connectivity index (χ1) is 13.0. The number of esters is 1. The molecular weight excluding hydrogens is 346 g/mol. The van der Waals surface area contributed by atoms with Crippen LogP contribution >= 0.6 is 0 Å². The summed E-state index contributed by atoms with van der Waals surface area (Å²) >= 11 is 0. The number of benzene rings is 1. The molecule has 3 atom stereocenters. The van der Waals surface area contributed by atoms with Crippen LogP contribution in [0.5, 0.6) is 11.5 Å². The predicted molar refractivity (Wildman–Crippen MR) is 102 cm³/mol. The number of amides is 1. The Labute approximate surface area is 159 Å². The van der Waals surface area contributed by atoms with Gasteiger partial charge in [-0.05, 0) is 42.0 Å². The van der Waals surface area contributed by atoms with E-state index >= 15 is 0 Å². The Morgan fingerprint density at radius 3 is 2.78 bits per heavy atom. The van der Waals surface area contributed by atoms with Crippen molar-refractivity contribution in [2.45, 2.75) is 39.2 Å². The van der Waals surface area contributed by atoms with Crippen LogP contribution in [0, 0.1) is 11.8 Å². The molecule has 1 aliphatic carbocycles. The summed E-state index contributed by atoms with van der Waals surface area (Å²) in [5, 5.41) is 2.99. The van der Waals surface area contributed by atoms with Gasteiger partial charge in [-0.1, -0.05) is 32.8 Å². The number of hydrogen-bond acceptors (Lipinski definition) is 5. The van der Waals surface area contributed by atoms with Crippen LogP contribution in [0.2, 0.25) is 0 Å². The lowest BCUT2D eigenvalue weighted by Gasteiger charge is -2.34. The molecule has 1 fully saturated rings. The molecule has 27 heavy (non-hydrogen) atoms. The number of rotatable bonds is 5. The maximum absolute atomic E-state index is 12.1. The van der Waals surface area contributed by atoms with Gasteiger partial charge in [-0.2, -0.15) is 0 Å². The van der Waals surface area contributed by atoms with Gasteiger partial charge in [0.2, 0.25) is 0 Å². The molecule has 1 aliphatic heterocycles. The fourth-order valence-corrected chi connectivity index (χ4v) is 3.55. The largest absolute Gasteiger partial charge is 0.486 e. The zero-order chi connectivity index (χ0) is 19.2. The van der Waals surface area contributed by atoms with E-state index in [4.69, 9.17) is 14.2 Å². The van der Waals surface area contributed by atoms with E-state index in [0.717, 1.165) is 18.4 Å². The zero-order valence-electron chi connectivity index (χ0n) is 15.9.